The number of benzene rings is 2. The highest BCUT2D eigenvalue weighted by Crippen LogP contribution is 2.39. The molecule has 2 heterocycles. The molecule has 0 fully saturated rings. The fourth-order valence-corrected chi connectivity index (χ4v) is 3.85. The molecule has 2 N–H and O–H groups in total. The van der Waals surface area contributed by atoms with Gasteiger partial charge in [-0.25, -0.2) is 0 Å². The largest absolute Gasteiger partial charge is 0.496 e. The van der Waals surface area contributed by atoms with Crippen LogP contribution >= 0.6 is 0 Å². The summed E-state index contributed by atoms with van der Waals surface area (Å²) in [6, 6.07) is 11.1. The van der Waals surface area contributed by atoms with Crippen molar-refractivity contribution < 1.29 is 14.6 Å². The summed E-state index contributed by atoms with van der Waals surface area (Å²) in [6.45, 7) is 6.00. The molecule has 0 spiro atoms. The molecule has 0 bridgehead atoms. The van der Waals surface area contributed by atoms with E-state index in [-0.39, 0.29) is 12.5 Å². The number of H-pyrrole nitrogens is 1. The average Bonchev–Trinajstić information content (AvgIpc) is 3.43. The van der Waals surface area contributed by atoms with Crippen LogP contribution in [0.5, 0.6) is 5.75 Å². The molecule has 0 aliphatic rings. The second-order valence-corrected chi connectivity index (χ2v) is 7.02. The topological polar surface area (TPSA) is 104 Å². The fraction of sp³-hybridized carbons (Fsp3) is 0.292. The number of hydrogen-bond acceptors (Lipinski definition) is 4. The van der Waals surface area contributed by atoms with E-state index in [1.54, 1.807) is 23.9 Å². The molecule has 2 aromatic carbocycles. The Morgan fingerprint density at radius 3 is 2.77 bits per heavy atom. The molecule has 0 aliphatic heterocycles. The Morgan fingerprint density at radius 2 is 2.10 bits per heavy atom. The molecular weight excluding hydrogens is 392 g/mol. The molecule has 4 aromatic rings. The highest BCUT2D eigenvalue weighted by Gasteiger charge is 2.24. The fourth-order valence-electron chi connectivity index (χ4n) is 3.85. The predicted molar refractivity (Wildman–Crippen MR) is 120 cm³/mol. The van der Waals surface area contributed by atoms with Gasteiger partial charge in [-0.05, 0) is 49.2 Å². The number of methoxy groups -OCH3 is 1. The van der Waals surface area contributed by atoms with Crippen LogP contribution in [0.2, 0.25) is 0 Å². The standard InChI is InChI=1S/C22H20N4O3.C2H6/c1-13-9-19(29-2)21(16-7-8-24-22(13)16)18(5-6-20(27)28)26-12-15-4-3-14(11-23)10-17(15)25-26;1-2/h3-4,7-10,12,18,24H,5-6H2,1-2H3,(H,27,28);1-2H3. The quantitative estimate of drug-likeness (QED) is 0.449. The van der Waals surface area contributed by atoms with Crippen LogP contribution in [-0.2, 0) is 4.79 Å². The number of carboxylic acids is 1. The maximum atomic E-state index is 11.3. The second kappa shape index (κ2) is 9.35. The lowest BCUT2D eigenvalue weighted by Gasteiger charge is -2.22. The number of aliphatic carboxylic acids is 1. The minimum Gasteiger partial charge on any atom is -0.496 e. The number of ether oxygens (including phenoxy) is 1. The molecule has 2 aromatic heterocycles. The first-order valence-corrected chi connectivity index (χ1v) is 10.3. The van der Waals surface area contributed by atoms with Gasteiger partial charge < -0.3 is 14.8 Å². The molecule has 1 unspecified atom stereocenters. The van der Waals surface area contributed by atoms with Crippen LogP contribution in [0.1, 0.15) is 49.4 Å². The van der Waals surface area contributed by atoms with Crippen LogP contribution in [0.4, 0.5) is 0 Å². The van der Waals surface area contributed by atoms with Gasteiger partial charge in [-0.15, -0.1) is 0 Å². The van der Waals surface area contributed by atoms with Crippen LogP contribution in [-0.4, -0.2) is 33.0 Å². The number of nitriles is 1. The number of aryl methyl sites for hydroxylation is 1. The van der Waals surface area contributed by atoms with Crippen molar-refractivity contribution in [1.29, 1.82) is 5.26 Å². The zero-order chi connectivity index (χ0) is 22.5. The summed E-state index contributed by atoms with van der Waals surface area (Å²) in [5.41, 5.74) is 4.16. The lowest BCUT2D eigenvalue weighted by Crippen LogP contribution is -2.15. The number of hydrogen-bond donors (Lipinski definition) is 2. The zero-order valence-electron chi connectivity index (χ0n) is 18.1. The van der Waals surface area contributed by atoms with Crippen molar-refractivity contribution in [3.8, 4) is 11.8 Å². The van der Waals surface area contributed by atoms with Gasteiger partial charge in [0, 0.05) is 40.7 Å². The van der Waals surface area contributed by atoms with Gasteiger partial charge in [0.15, 0.2) is 0 Å². The predicted octanol–water partition coefficient (Wildman–Crippen LogP) is 5.19. The third-order valence-electron chi connectivity index (χ3n) is 5.20. The van der Waals surface area contributed by atoms with Crippen LogP contribution in [0, 0.1) is 18.3 Å². The highest BCUT2D eigenvalue weighted by molar-refractivity contribution is 5.89. The number of nitrogens with zero attached hydrogens (tertiary/aromatic N) is 3. The lowest BCUT2D eigenvalue weighted by atomic mass is 9.95. The SMILES string of the molecule is CC.COc1cc(C)c2[nH]ccc2c1C(CCC(=O)O)n1cc2ccc(C#N)cc2n1. The van der Waals surface area contributed by atoms with Gasteiger partial charge in [-0.1, -0.05) is 13.8 Å². The normalized spacial score (nSPS) is 11.6. The number of carboxylic acid groups (broad SMARTS) is 1. The molecule has 31 heavy (non-hydrogen) atoms. The van der Waals surface area contributed by atoms with Gasteiger partial charge in [0.05, 0.1) is 30.3 Å². The summed E-state index contributed by atoms with van der Waals surface area (Å²) in [5.74, 6) is -0.169. The number of aromatic amines is 1. The summed E-state index contributed by atoms with van der Waals surface area (Å²) in [4.78, 5) is 14.6. The van der Waals surface area contributed by atoms with Crippen LogP contribution in [0.15, 0.2) is 42.7 Å². The van der Waals surface area contributed by atoms with E-state index in [1.165, 1.54) is 0 Å². The van der Waals surface area contributed by atoms with Crippen molar-refractivity contribution in [1.82, 2.24) is 14.8 Å². The Morgan fingerprint density at radius 1 is 1.32 bits per heavy atom. The summed E-state index contributed by atoms with van der Waals surface area (Å²) < 4.78 is 7.46. The monoisotopic (exact) mass is 418 g/mol. The molecule has 0 radical (unpaired) electrons. The highest BCUT2D eigenvalue weighted by atomic mass is 16.5. The maximum absolute atomic E-state index is 11.3. The Bertz CT molecular complexity index is 1260. The number of fused-ring (bicyclic) bond motifs is 2. The average molecular weight is 418 g/mol. The van der Waals surface area contributed by atoms with E-state index in [0.717, 1.165) is 27.4 Å². The molecule has 0 saturated carbocycles. The van der Waals surface area contributed by atoms with E-state index in [4.69, 9.17) is 10.00 Å². The van der Waals surface area contributed by atoms with E-state index >= 15 is 0 Å². The maximum Gasteiger partial charge on any atom is 0.303 e. The molecule has 1 atom stereocenters. The molecule has 0 saturated heterocycles. The number of carbonyl (C=O) groups is 1. The van der Waals surface area contributed by atoms with Gasteiger partial charge in [0.1, 0.15) is 5.75 Å². The Kier molecular flexibility index (Phi) is 6.61. The van der Waals surface area contributed by atoms with Gasteiger partial charge in [-0.3, -0.25) is 9.48 Å². The summed E-state index contributed by atoms with van der Waals surface area (Å²) in [5, 5.41) is 25.0. The summed E-state index contributed by atoms with van der Waals surface area (Å²) in [7, 11) is 1.61. The number of rotatable bonds is 6. The minimum absolute atomic E-state index is 0.00668. The van der Waals surface area contributed by atoms with Crippen LogP contribution in [0.25, 0.3) is 21.8 Å². The third kappa shape index (κ3) is 4.24. The van der Waals surface area contributed by atoms with E-state index in [0.29, 0.717) is 23.3 Å². The first-order valence-electron chi connectivity index (χ1n) is 10.3. The molecular formula is C24H26N4O3. The molecule has 0 aliphatic carbocycles. The Hall–Kier alpha value is -3.79. The first-order chi connectivity index (χ1) is 15.0. The van der Waals surface area contributed by atoms with Crippen LogP contribution < -0.4 is 4.74 Å². The van der Waals surface area contributed by atoms with Gasteiger partial charge >= 0.3 is 5.97 Å². The van der Waals surface area contributed by atoms with Crippen molar-refractivity contribution in [2.24, 2.45) is 0 Å². The first kappa shape index (κ1) is 21.9. The van der Waals surface area contributed by atoms with Crippen molar-refractivity contribution in [2.45, 2.75) is 39.7 Å². The summed E-state index contributed by atoms with van der Waals surface area (Å²) in [6.07, 6.45) is 4.11. The van der Waals surface area contributed by atoms with E-state index in [1.807, 2.05) is 51.4 Å². The van der Waals surface area contributed by atoms with Gasteiger partial charge in [0.25, 0.3) is 0 Å². The smallest absolute Gasteiger partial charge is 0.303 e. The molecule has 0 amide bonds. The third-order valence-corrected chi connectivity index (χ3v) is 5.20. The van der Waals surface area contributed by atoms with Gasteiger partial charge in [-0.2, -0.15) is 10.4 Å². The van der Waals surface area contributed by atoms with E-state index < -0.39 is 5.97 Å². The number of aromatic nitrogens is 3. The molecule has 7 heteroatoms. The van der Waals surface area contributed by atoms with Crippen LogP contribution in [0.3, 0.4) is 0 Å². The molecule has 7 nitrogen and oxygen atoms in total. The van der Waals surface area contributed by atoms with E-state index in [2.05, 4.69) is 16.2 Å². The Balaban J connectivity index is 0.00000132. The van der Waals surface area contributed by atoms with Crippen molar-refractivity contribution in [3.05, 3.63) is 59.4 Å². The second-order valence-electron chi connectivity index (χ2n) is 7.02. The number of nitrogens with one attached hydrogen (secondary N) is 1. The minimum atomic E-state index is -0.866. The van der Waals surface area contributed by atoms with Crippen molar-refractivity contribution in [2.75, 3.05) is 7.11 Å². The summed E-state index contributed by atoms with van der Waals surface area (Å²) >= 11 is 0. The lowest BCUT2D eigenvalue weighted by molar-refractivity contribution is -0.137. The van der Waals surface area contributed by atoms with Crippen molar-refractivity contribution in [3.63, 3.8) is 0 Å². The van der Waals surface area contributed by atoms with Gasteiger partial charge in [0.2, 0.25) is 0 Å². The van der Waals surface area contributed by atoms with Crippen molar-refractivity contribution >= 4 is 27.8 Å². The molecule has 4 rings (SSSR count). The van der Waals surface area contributed by atoms with E-state index in [9.17, 15) is 9.90 Å². The Labute approximate surface area is 180 Å². The molecule has 160 valence electrons. The zero-order valence-corrected chi connectivity index (χ0v) is 18.1.